The summed E-state index contributed by atoms with van der Waals surface area (Å²) in [4.78, 5) is 27.7. The van der Waals surface area contributed by atoms with Crippen molar-refractivity contribution < 1.29 is 18.0 Å². The first-order valence-electron chi connectivity index (χ1n) is 6.78. The van der Waals surface area contributed by atoms with Crippen LogP contribution in [0.5, 0.6) is 0 Å². The lowest BCUT2D eigenvalue weighted by Crippen LogP contribution is -2.63. The number of carbonyl (C=O) groups is 2. The molecule has 0 N–H and O–H groups in total. The zero-order chi connectivity index (χ0) is 13.6. The molecule has 0 spiro atoms. The molecule has 3 fully saturated rings. The van der Waals surface area contributed by atoms with Crippen LogP contribution in [0.4, 0.5) is 0 Å². The maximum absolute atomic E-state index is 12.4. The smallest absolute Gasteiger partial charge is 0.246 e. The van der Waals surface area contributed by atoms with E-state index in [1.165, 1.54) is 4.90 Å². The Hall–Kier alpha value is -1.11. The molecule has 3 saturated heterocycles. The van der Waals surface area contributed by atoms with Crippen LogP contribution in [-0.2, 0) is 19.4 Å². The second-order valence-corrected chi connectivity index (χ2v) is 7.85. The molecule has 3 rings (SSSR count). The Morgan fingerprint density at radius 2 is 1.84 bits per heavy atom. The fraction of sp³-hybridized carbons (Fsp3) is 0.833. The predicted molar refractivity (Wildman–Crippen MR) is 68.1 cm³/mol. The molecule has 19 heavy (non-hydrogen) atoms. The highest BCUT2D eigenvalue weighted by molar-refractivity contribution is 7.91. The molecule has 6 nitrogen and oxygen atoms in total. The summed E-state index contributed by atoms with van der Waals surface area (Å²) in [7, 11) is -3.03. The molecule has 3 aliphatic heterocycles. The van der Waals surface area contributed by atoms with E-state index in [4.69, 9.17) is 0 Å². The number of piperidine rings is 1. The average Bonchev–Trinajstić information content (AvgIpc) is 2.74. The Labute approximate surface area is 112 Å². The zero-order valence-electron chi connectivity index (χ0n) is 10.7. The number of rotatable bonds is 1. The largest absolute Gasteiger partial charge is 0.329 e. The first kappa shape index (κ1) is 12.9. The van der Waals surface area contributed by atoms with E-state index in [0.29, 0.717) is 19.4 Å². The van der Waals surface area contributed by atoms with E-state index >= 15 is 0 Å². The number of carbonyl (C=O) groups excluding carboxylic acids is 2. The SMILES string of the molecule is O=C1C2CCCCN2C(=O)CN1C1CCS(=O)(=O)C1. The van der Waals surface area contributed by atoms with Gasteiger partial charge in [0, 0.05) is 12.6 Å². The van der Waals surface area contributed by atoms with Gasteiger partial charge in [0.1, 0.15) is 12.6 Å². The molecular weight excluding hydrogens is 268 g/mol. The Morgan fingerprint density at radius 3 is 2.53 bits per heavy atom. The molecule has 106 valence electrons. The monoisotopic (exact) mass is 286 g/mol. The van der Waals surface area contributed by atoms with Crippen LogP contribution in [0.3, 0.4) is 0 Å². The maximum atomic E-state index is 12.4. The molecule has 2 unspecified atom stereocenters. The number of fused-ring (bicyclic) bond motifs is 1. The third-order valence-corrected chi connectivity index (χ3v) is 6.10. The summed E-state index contributed by atoms with van der Waals surface area (Å²) in [6.45, 7) is 0.710. The van der Waals surface area contributed by atoms with Gasteiger partial charge in [-0.3, -0.25) is 9.59 Å². The molecule has 0 saturated carbocycles. The highest BCUT2D eigenvalue weighted by atomic mass is 32.2. The number of nitrogens with zero attached hydrogens (tertiary/aromatic N) is 2. The van der Waals surface area contributed by atoms with Gasteiger partial charge < -0.3 is 9.80 Å². The number of piperazine rings is 1. The molecule has 2 atom stereocenters. The zero-order valence-corrected chi connectivity index (χ0v) is 11.6. The molecule has 3 heterocycles. The molecule has 0 bridgehead atoms. The summed E-state index contributed by atoms with van der Waals surface area (Å²) in [6.07, 6.45) is 3.08. The number of sulfone groups is 1. The molecule has 7 heteroatoms. The van der Waals surface area contributed by atoms with Gasteiger partial charge in [-0.15, -0.1) is 0 Å². The fourth-order valence-corrected chi connectivity index (χ4v) is 5.05. The highest BCUT2D eigenvalue weighted by Gasteiger charge is 2.45. The van der Waals surface area contributed by atoms with Gasteiger partial charge in [-0.25, -0.2) is 8.42 Å². The Kier molecular flexibility index (Phi) is 3.03. The van der Waals surface area contributed by atoms with Crippen molar-refractivity contribution in [2.75, 3.05) is 24.6 Å². The van der Waals surface area contributed by atoms with Gasteiger partial charge in [0.2, 0.25) is 11.8 Å². The van der Waals surface area contributed by atoms with E-state index < -0.39 is 9.84 Å². The molecular formula is C12H18N2O4S. The van der Waals surface area contributed by atoms with Crippen molar-refractivity contribution in [2.45, 2.75) is 37.8 Å². The number of hydrogen-bond donors (Lipinski definition) is 0. The Bertz CT molecular complexity index is 516. The highest BCUT2D eigenvalue weighted by Crippen LogP contribution is 2.27. The van der Waals surface area contributed by atoms with Gasteiger partial charge >= 0.3 is 0 Å². The average molecular weight is 286 g/mol. The summed E-state index contributed by atoms with van der Waals surface area (Å²) in [5, 5.41) is 0. The number of amides is 2. The van der Waals surface area contributed by atoms with Crippen LogP contribution >= 0.6 is 0 Å². The van der Waals surface area contributed by atoms with Crippen LogP contribution in [0.2, 0.25) is 0 Å². The molecule has 2 amide bonds. The summed E-state index contributed by atoms with van der Waals surface area (Å²) < 4.78 is 23.0. The van der Waals surface area contributed by atoms with Gasteiger partial charge in [0.05, 0.1) is 11.5 Å². The van der Waals surface area contributed by atoms with E-state index in [-0.39, 0.29) is 41.9 Å². The van der Waals surface area contributed by atoms with Crippen LogP contribution in [0.25, 0.3) is 0 Å². The third-order valence-electron chi connectivity index (χ3n) is 4.35. The van der Waals surface area contributed by atoms with Crippen molar-refractivity contribution in [1.82, 2.24) is 9.80 Å². The first-order chi connectivity index (χ1) is 8.98. The fourth-order valence-electron chi connectivity index (χ4n) is 3.32. The van der Waals surface area contributed by atoms with Gasteiger partial charge in [-0.2, -0.15) is 0 Å². The standard InChI is InChI=1S/C12H18N2O4S/c15-11-7-14(9-4-6-19(17,18)8-9)12(16)10-3-1-2-5-13(10)11/h9-10H,1-8H2. The van der Waals surface area contributed by atoms with Crippen LogP contribution in [-0.4, -0.2) is 66.7 Å². The minimum absolute atomic E-state index is 0.0126. The van der Waals surface area contributed by atoms with Gasteiger partial charge in [0.25, 0.3) is 0 Å². The van der Waals surface area contributed by atoms with Crippen molar-refractivity contribution in [3.63, 3.8) is 0 Å². The van der Waals surface area contributed by atoms with Crippen molar-refractivity contribution in [3.05, 3.63) is 0 Å². The van der Waals surface area contributed by atoms with Crippen molar-refractivity contribution in [3.8, 4) is 0 Å². The topological polar surface area (TPSA) is 74.8 Å². The number of hydrogen-bond acceptors (Lipinski definition) is 4. The summed E-state index contributed by atoms with van der Waals surface area (Å²) in [5.41, 5.74) is 0. The molecule has 0 aromatic rings. The maximum Gasteiger partial charge on any atom is 0.246 e. The van der Waals surface area contributed by atoms with E-state index in [9.17, 15) is 18.0 Å². The van der Waals surface area contributed by atoms with E-state index in [1.807, 2.05) is 0 Å². The Morgan fingerprint density at radius 1 is 1.05 bits per heavy atom. The van der Waals surface area contributed by atoms with Crippen LogP contribution in [0.15, 0.2) is 0 Å². The minimum atomic E-state index is -3.03. The second kappa shape index (κ2) is 4.47. The lowest BCUT2D eigenvalue weighted by atomic mass is 9.97. The lowest BCUT2D eigenvalue weighted by Gasteiger charge is -2.44. The van der Waals surface area contributed by atoms with Gasteiger partial charge in [0.15, 0.2) is 9.84 Å². The van der Waals surface area contributed by atoms with Crippen molar-refractivity contribution in [1.29, 1.82) is 0 Å². The van der Waals surface area contributed by atoms with Crippen molar-refractivity contribution in [2.24, 2.45) is 0 Å². The molecule has 0 aromatic carbocycles. The van der Waals surface area contributed by atoms with Gasteiger partial charge in [-0.1, -0.05) is 0 Å². The normalized spacial score (nSPS) is 34.5. The second-order valence-electron chi connectivity index (χ2n) is 5.62. The van der Waals surface area contributed by atoms with Crippen molar-refractivity contribution >= 4 is 21.7 Å². The van der Waals surface area contributed by atoms with Crippen LogP contribution < -0.4 is 0 Å². The van der Waals surface area contributed by atoms with E-state index in [0.717, 1.165) is 12.8 Å². The van der Waals surface area contributed by atoms with Crippen LogP contribution in [0.1, 0.15) is 25.7 Å². The summed E-state index contributed by atoms with van der Waals surface area (Å²) in [5.74, 6) is 0.0537. The lowest BCUT2D eigenvalue weighted by molar-refractivity contribution is -0.159. The molecule has 0 radical (unpaired) electrons. The molecule has 3 aliphatic rings. The van der Waals surface area contributed by atoms with E-state index in [2.05, 4.69) is 0 Å². The molecule has 0 aromatic heterocycles. The first-order valence-corrected chi connectivity index (χ1v) is 8.60. The predicted octanol–water partition coefficient (Wildman–Crippen LogP) is -0.603. The summed E-state index contributed by atoms with van der Waals surface area (Å²) in [6, 6.07) is -0.649. The molecule has 0 aliphatic carbocycles. The minimum Gasteiger partial charge on any atom is -0.329 e. The van der Waals surface area contributed by atoms with E-state index in [1.54, 1.807) is 4.90 Å². The Balaban J connectivity index is 1.80. The van der Waals surface area contributed by atoms with Gasteiger partial charge in [-0.05, 0) is 25.7 Å². The van der Waals surface area contributed by atoms with Crippen LogP contribution in [0, 0.1) is 0 Å². The quantitative estimate of drug-likeness (QED) is 0.645. The third kappa shape index (κ3) is 2.24. The summed E-state index contributed by atoms with van der Waals surface area (Å²) >= 11 is 0.